The van der Waals surface area contributed by atoms with E-state index >= 15 is 0 Å². The molecule has 0 unspecified atom stereocenters. The van der Waals surface area contributed by atoms with Crippen molar-refractivity contribution >= 4 is 34.5 Å². The maximum Gasteiger partial charge on any atom is 0.143 e. The molecule has 0 aromatic carbocycles. The average Bonchev–Trinajstić information content (AvgIpc) is 3.16. The molecule has 23 heavy (non-hydrogen) atoms. The number of hydrogen-bond donors (Lipinski definition) is 0. The Hall–Kier alpha value is -1.37. The van der Waals surface area contributed by atoms with Crippen molar-refractivity contribution in [3.05, 3.63) is 27.5 Å². The van der Waals surface area contributed by atoms with Crippen molar-refractivity contribution in [2.75, 3.05) is 7.11 Å². The highest BCUT2D eigenvalue weighted by Crippen LogP contribution is 2.28. The standard InChI is InChI=1S/C17H22N2O2S2/c1-10(2)16-19-14(9-23-16)17-18-13(8-22-17)6-7-15(21-5)11(3)12(4)20/h6-11,15H,1-5H3/b7-6+/t11-,15-/m0/s1. The number of thiazole rings is 2. The summed E-state index contributed by atoms with van der Waals surface area (Å²) in [5.74, 6) is 0.384. The second kappa shape index (κ2) is 7.95. The van der Waals surface area contributed by atoms with E-state index in [1.165, 1.54) is 0 Å². The summed E-state index contributed by atoms with van der Waals surface area (Å²) >= 11 is 3.25. The fourth-order valence-electron chi connectivity index (χ4n) is 2.01. The minimum Gasteiger partial charge on any atom is -0.377 e. The molecule has 0 saturated heterocycles. The number of ketones is 1. The van der Waals surface area contributed by atoms with Gasteiger partial charge in [0.05, 0.1) is 16.8 Å². The summed E-state index contributed by atoms with van der Waals surface area (Å²) in [7, 11) is 1.61. The summed E-state index contributed by atoms with van der Waals surface area (Å²) in [5, 5.41) is 6.09. The molecule has 0 aliphatic rings. The normalized spacial score (nSPS) is 14.5. The van der Waals surface area contributed by atoms with E-state index in [2.05, 4.69) is 29.2 Å². The maximum absolute atomic E-state index is 11.5. The highest BCUT2D eigenvalue weighted by Gasteiger charge is 2.18. The van der Waals surface area contributed by atoms with Crippen molar-refractivity contribution in [1.29, 1.82) is 0 Å². The third-order valence-electron chi connectivity index (χ3n) is 3.62. The van der Waals surface area contributed by atoms with E-state index in [0.29, 0.717) is 5.92 Å². The van der Waals surface area contributed by atoms with Crippen LogP contribution in [0, 0.1) is 5.92 Å². The van der Waals surface area contributed by atoms with Crippen LogP contribution in [0.4, 0.5) is 0 Å². The molecular formula is C17H22N2O2S2. The molecule has 2 atom stereocenters. The Morgan fingerprint density at radius 3 is 2.52 bits per heavy atom. The number of methoxy groups -OCH3 is 1. The third-order valence-corrected chi connectivity index (χ3v) is 5.65. The van der Waals surface area contributed by atoms with E-state index < -0.39 is 0 Å². The van der Waals surface area contributed by atoms with E-state index in [1.54, 1.807) is 36.7 Å². The Morgan fingerprint density at radius 1 is 1.22 bits per heavy atom. The van der Waals surface area contributed by atoms with Crippen molar-refractivity contribution in [2.45, 2.75) is 39.7 Å². The average molecular weight is 351 g/mol. The monoisotopic (exact) mass is 350 g/mol. The topological polar surface area (TPSA) is 52.1 Å². The second-order valence-electron chi connectivity index (χ2n) is 5.76. The van der Waals surface area contributed by atoms with Crippen LogP contribution in [0.15, 0.2) is 16.8 Å². The van der Waals surface area contributed by atoms with Gasteiger partial charge < -0.3 is 4.74 Å². The highest BCUT2D eigenvalue weighted by molar-refractivity contribution is 7.14. The second-order valence-corrected chi connectivity index (χ2v) is 7.51. The van der Waals surface area contributed by atoms with Crippen molar-refractivity contribution in [1.82, 2.24) is 9.97 Å². The van der Waals surface area contributed by atoms with Gasteiger partial charge >= 0.3 is 0 Å². The molecule has 2 aromatic heterocycles. The largest absolute Gasteiger partial charge is 0.377 e. The molecule has 0 aliphatic heterocycles. The van der Waals surface area contributed by atoms with E-state index in [9.17, 15) is 4.79 Å². The van der Waals surface area contributed by atoms with Crippen molar-refractivity contribution in [3.63, 3.8) is 0 Å². The van der Waals surface area contributed by atoms with Gasteiger partial charge in [0.2, 0.25) is 0 Å². The minimum atomic E-state index is -0.232. The first-order valence-corrected chi connectivity index (χ1v) is 9.31. The number of carbonyl (C=O) groups is 1. The van der Waals surface area contributed by atoms with Crippen LogP contribution in [-0.4, -0.2) is 29.0 Å². The zero-order valence-electron chi connectivity index (χ0n) is 14.1. The van der Waals surface area contributed by atoms with Gasteiger partial charge in [0.25, 0.3) is 0 Å². The van der Waals surface area contributed by atoms with Gasteiger partial charge in [-0.2, -0.15) is 0 Å². The van der Waals surface area contributed by atoms with Crippen LogP contribution in [0.5, 0.6) is 0 Å². The van der Waals surface area contributed by atoms with Crippen LogP contribution >= 0.6 is 22.7 Å². The number of carbonyl (C=O) groups excluding carboxylic acids is 1. The number of aromatic nitrogens is 2. The molecule has 2 heterocycles. The first kappa shape index (κ1) is 18.0. The Kier molecular flexibility index (Phi) is 6.21. The summed E-state index contributed by atoms with van der Waals surface area (Å²) in [4.78, 5) is 20.7. The first-order valence-electron chi connectivity index (χ1n) is 7.55. The molecule has 0 spiro atoms. The van der Waals surface area contributed by atoms with Crippen LogP contribution in [-0.2, 0) is 9.53 Å². The van der Waals surface area contributed by atoms with Crippen LogP contribution in [0.2, 0.25) is 0 Å². The Balaban J connectivity index is 2.12. The molecule has 0 saturated carbocycles. The third kappa shape index (κ3) is 4.56. The zero-order chi connectivity index (χ0) is 17.0. The molecule has 124 valence electrons. The molecule has 0 aliphatic carbocycles. The van der Waals surface area contributed by atoms with Gasteiger partial charge in [0.15, 0.2) is 0 Å². The minimum absolute atomic E-state index is 0.115. The van der Waals surface area contributed by atoms with Crippen molar-refractivity contribution in [3.8, 4) is 10.7 Å². The number of rotatable bonds is 7. The molecule has 0 radical (unpaired) electrons. The van der Waals surface area contributed by atoms with Gasteiger partial charge in [-0.25, -0.2) is 9.97 Å². The van der Waals surface area contributed by atoms with Crippen LogP contribution in [0.3, 0.4) is 0 Å². The molecular weight excluding hydrogens is 328 g/mol. The van der Waals surface area contributed by atoms with Gasteiger partial charge in [-0.3, -0.25) is 4.79 Å². The fraction of sp³-hybridized carbons (Fsp3) is 0.471. The number of ether oxygens (including phenoxy) is 1. The van der Waals surface area contributed by atoms with Crippen LogP contribution in [0.1, 0.15) is 44.3 Å². The molecule has 0 bridgehead atoms. The highest BCUT2D eigenvalue weighted by atomic mass is 32.1. The molecule has 2 rings (SSSR count). The summed E-state index contributed by atoms with van der Waals surface area (Å²) in [6, 6.07) is 0. The lowest BCUT2D eigenvalue weighted by atomic mass is 10.00. The van der Waals surface area contributed by atoms with E-state index in [0.717, 1.165) is 21.4 Å². The van der Waals surface area contributed by atoms with Gasteiger partial charge in [-0.1, -0.05) is 26.8 Å². The summed E-state index contributed by atoms with van der Waals surface area (Å²) < 4.78 is 5.37. The Morgan fingerprint density at radius 2 is 1.96 bits per heavy atom. The lowest BCUT2D eigenvalue weighted by molar-refractivity contribution is -0.123. The SMILES string of the molecule is CO[C@@H](/C=C/c1csc(-c2csc(C(C)C)n2)n1)[C@@H](C)C(C)=O. The molecule has 0 amide bonds. The first-order chi connectivity index (χ1) is 10.9. The molecule has 6 heteroatoms. The van der Waals surface area contributed by atoms with Crippen LogP contribution < -0.4 is 0 Å². The van der Waals surface area contributed by atoms with Gasteiger partial charge in [0.1, 0.15) is 16.5 Å². The summed E-state index contributed by atoms with van der Waals surface area (Å²) in [6.07, 6.45) is 3.57. The molecule has 0 fully saturated rings. The van der Waals surface area contributed by atoms with Gasteiger partial charge in [-0.05, 0) is 13.0 Å². The molecule has 2 aromatic rings. The molecule has 4 nitrogen and oxygen atoms in total. The maximum atomic E-state index is 11.5. The quantitative estimate of drug-likeness (QED) is 0.730. The fourth-order valence-corrected chi connectivity index (χ4v) is 3.65. The van der Waals surface area contributed by atoms with E-state index in [1.807, 2.05) is 24.5 Å². The van der Waals surface area contributed by atoms with Gasteiger partial charge in [-0.15, -0.1) is 22.7 Å². The van der Waals surface area contributed by atoms with E-state index in [4.69, 9.17) is 4.74 Å². The number of hydrogen-bond acceptors (Lipinski definition) is 6. The Labute approximate surface area is 145 Å². The number of nitrogens with zero attached hydrogens (tertiary/aromatic N) is 2. The molecule has 0 N–H and O–H groups in total. The Bertz CT molecular complexity index is 688. The van der Waals surface area contributed by atoms with Gasteiger partial charge in [0, 0.05) is 29.7 Å². The summed E-state index contributed by atoms with van der Waals surface area (Å²) in [6.45, 7) is 7.73. The predicted molar refractivity (Wildman–Crippen MR) is 97.0 cm³/mol. The number of Topliss-reactive ketones (excluding diaryl/α,β-unsaturated/α-hetero) is 1. The summed E-state index contributed by atoms with van der Waals surface area (Å²) in [5.41, 5.74) is 1.80. The predicted octanol–water partition coefficient (Wildman–Crippen LogP) is 4.64. The smallest absolute Gasteiger partial charge is 0.143 e. The van der Waals surface area contributed by atoms with Crippen LogP contribution in [0.25, 0.3) is 16.8 Å². The zero-order valence-corrected chi connectivity index (χ0v) is 15.7. The lowest BCUT2D eigenvalue weighted by Gasteiger charge is -2.16. The van der Waals surface area contributed by atoms with Crippen molar-refractivity contribution < 1.29 is 9.53 Å². The lowest BCUT2D eigenvalue weighted by Crippen LogP contribution is -2.23. The van der Waals surface area contributed by atoms with E-state index in [-0.39, 0.29) is 17.8 Å². The van der Waals surface area contributed by atoms with Crippen molar-refractivity contribution in [2.24, 2.45) is 5.92 Å².